The van der Waals surface area contributed by atoms with E-state index >= 15 is 0 Å². The molecule has 2 aromatic rings. The molecule has 1 aromatic heterocycles. The molecule has 2 rings (SSSR count). The van der Waals surface area contributed by atoms with Crippen molar-refractivity contribution >= 4 is 34.2 Å². The highest BCUT2D eigenvalue weighted by Gasteiger charge is 2.18. The summed E-state index contributed by atoms with van der Waals surface area (Å²) in [5, 5.41) is 1.95. The van der Waals surface area contributed by atoms with Gasteiger partial charge in [0.15, 0.2) is 11.6 Å². The average molecular weight is 312 g/mol. The van der Waals surface area contributed by atoms with Crippen LogP contribution in [0, 0.1) is 11.6 Å². The molecule has 2 nitrogen and oxygen atoms in total. The summed E-state index contributed by atoms with van der Waals surface area (Å²) in [7, 11) is 0. The van der Waals surface area contributed by atoms with Crippen LogP contribution < -0.4 is 10.6 Å². The summed E-state index contributed by atoms with van der Waals surface area (Å²) in [5.41, 5.74) is 5.52. The van der Waals surface area contributed by atoms with Gasteiger partial charge in [-0.1, -0.05) is 18.3 Å². The van der Waals surface area contributed by atoms with Crippen molar-refractivity contribution in [2.75, 3.05) is 11.4 Å². The van der Waals surface area contributed by atoms with Crippen LogP contribution in [0.3, 0.4) is 0 Å². The van der Waals surface area contributed by atoms with Gasteiger partial charge in [0.2, 0.25) is 0 Å². The van der Waals surface area contributed by atoms with Gasteiger partial charge in [0.25, 0.3) is 0 Å². The third-order valence-corrected chi connectivity index (χ3v) is 4.06. The summed E-state index contributed by atoms with van der Waals surface area (Å²) < 4.78 is 28.1. The van der Waals surface area contributed by atoms with Gasteiger partial charge in [0.05, 0.1) is 12.2 Å². The van der Waals surface area contributed by atoms with E-state index < -0.39 is 11.6 Å². The predicted octanol–water partition coefficient (Wildman–Crippen LogP) is 3.69. The third-order valence-electron chi connectivity index (χ3n) is 2.98. The van der Waals surface area contributed by atoms with Crippen LogP contribution in [-0.4, -0.2) is 11.5 Å². The van der Waals surface area contributed by atoms with E-state index in [2.05, 4.69) is 0 Å². The Bertz CT molecular complexity index is 612. The first kappa shape index (κ1) is 14.9. The summed E-state index contributed by atoms with van der Waals surface area (Å²) in [4.78, 5) is 2.72. The SMILES string of the molecule is CCN(Cc1cccs1)c1ccc(C(N)=S)c(F)c1F. The molecule has 0 aliphatic rings. The maximum Gasteiger partial charge on any atom is 0.182 e. The van der Waals surface area contributed by atoms with Gasteiger partial charge in [-0.15, -0.1) is 11.3 Å². The standard InChI is InChI=1S/C14H14F2N2S2/c1-2-18(8-9-4-3-7-20-9)11-6-5-10(14(17)19)12(15)13(11)16/h3-7H,2,8H2,1H3,(H2,17,19). The Labute approximate surface area is 125 Å². The molecule has 0 unspecified atom stereocenters. The minimum atomic E-state index is -0.986. The van der Waals surface area contributed by atoms with Crippen LogP contribution in [0.25, 0.3) is 0 Å². The molecular formula is C14H14F2N2S2. The molecule has 0 atom stereocenters. The lowest BCUT2D eigenvalue weighted by Gasteiger charge is -2.23. The highest BCUT2D eigenvalue weighted by molar-refractivity contribution is 7.80. The number of thiophene rings is 1. The van der Waals surface area contributed by atoms with Gasteiger partial charge < -0.3 is 10.6 Å². The van der Waals surface area contributed by atoms with Crippen molar-refractivity contribution in [2.45, 2.75) is 13.5 Å². The van der Waals surface area contributed by atoms with Crippen LogP contribution in [0.2, 0.25) is 0 Å². The summed E-state index contributed by atoms with van der Waals surface area (Å²) in [6.45, 7) is 3.00. The van der Waals surface area contributed by atoms with Gasteiger partial charge in [-0.2, -0.15) is 0 Å². The highest BCUT2D eigenvalue weighted by atomic mass is 32.1. The largest absolute Gasteiger partial charge is 0.389 e. The van der Waals surface area contributed by atoms with Crippen LogP contribution in [0.5, 0.6) is 0 Å². The number of hydrogen-bond donors (Lipinski definition) is 1. The molecule has 0 saturated heterocycles. The normalized spacial score (nSPS) is 10.6. The molecule has 0 aliphatic carbocycles. The molecular weight excluding hydrogens is 298 g/mol. The van der Waals surface area contributed by atoms with Crippen molar-refractivity contribution in [1.82, 2.24) is 0 Å². The Morgan fingerprint density at radius 2 is 2.05 bits per heavy atom. The number of thiocarbonyl (C=S) groups is 1. The summed E-state index contributed by atoms with van der Waals surface area (Å²) in [6, 6.07) is 6.84. The van der Waals surface area contributed by atoms with Crippen LogP contribution in [0.15, 0.2) is 29.6 Å². The van der Waals surface area contributed by atoms with Crippen molar-refractivity contribution < 1.29 is 8.78 Å². The second-order valence-corrected chi connectivity index (χ2v) is 5.69. The molecule has 20 heavy (non-hydrogen) atoms. The fourth-order valence-corrected chi connectivity index (χ4v) is 2.81. The molecule has 6 heteroatoms. The lowest BCUT2D eigenvalue weighted by atomic mass is 10.1. The number of nitrogens with zero attached hydrogens (tertiary/aromatic N) is 1. The smallest absolute Gasteiger partial charge is 0.182 e. The van der Waals surface area contributed by atoms with Crippen LogP contribution >= 0.6 is 23.6 Å². The van der Waals surface area contributed by atoms with E-state index in [1.807, 2.05) is 24.4 Å². The minimum absolute atomic E-state index is 0.0616. The highest BCUT2D eigenvalue weighted by Crippen LogP contribution is 2.26. The van der Waals surface area contributed by atoms with Gasteiger partial charge in [-0.25, -0.2) is 8.78 Å². The first-order valence-electron chi connectivity index (χ1n) is 6.09. The molecule has 0 spiro atoms. The van der Waals surface area contributed by atoms with Gasteiger partial charge in [-0.05, 0) is 30.5 Å². The van der Waals surface area contributed by atoms with Gasteiger partial charge in [0, 0.05) is 17.0 Å². The van der Waals surface area contributed by atoms with Crippen molar-refractivity contribution in [3.63, 3.8) is 0 Å². The number of anilines is 1. The Kier molecular flexibility index (Phi) is 4.67. The van der Waals surface area contributed by atoms with Crippen LogP contribution in [0.4, 0.5) is 14.5 Å². The fraction of sp³-hybridized carbons (Fsp3) is 0.214. The summed E-state index contributed by atoms with van der Waals surface area (Å²) in [5.74, 6) is -1.90. The van der Waals surface area contributed by atoms with E-state index in [4.69, 9.17) is 18.0 Å². The second-order valence-electron chi connectivity index (χ2n) is 4.22. The molecule has 106 valence electrons. The quantitative estimate of drug-likeness (QED) is 0.854. The zero-order chi connectivity index (χ0) is 14.7. The van der Waals surface area contributed by atoms with Crippen molar-refractivity contribution in [2.24, 2.45) is 5.73 Å². The van der Waals surface area contributed by atoms with E-state index in [0.29, 0.717) is 13.1 Å². The number of hydrogen-bond acceptors (Lipinski definition) is 3. The molecule has 0 fully saturated rings. The molecule has 1 heterocycles. The molecule has 1 aromatic carbocycles. The zero-order valence-electron chi connectivity index (χ0n) is 10.9. The Morgan fingerprint density at radius 1 is 1.30 bits per heavy atom. The van der Waals surface area contributed by atoms with Gasteiger partial charge in [-0.3, -0.25) is 0 Å². The molecule has 0 aliphatic heterocycles. The number of rotatable bonds is 5. The fourth-order valence-electron chi connectivity index (χ4n) is 1.93. The van der Waals surface area contributed by atoms with E-state index in [1.54, 1.807) is 16.2 Å². The number of nitrogens with two attached hydrogens (primary N) is 1. The third kappa shape index (κ3) is 2.96. The topological polar surface area (TPSA) is 29.3 Å². The lowest BCUT2D eigenvalue weighted by molar-refractivity contribution is 0.505. The van der Waals surface area contributed by atoms with E-state index in [1.165, 1.54) is 12.1 Å². The lowest BCUT2D eigenvalue weighted by Crippen LogP contribution is -2.24. The van der Waals surface area contributed by atoms with Crippen molar-refractivity contribution in [1.29, 1.82) is 0 Å². The minimum Gasteiger partial charge on any atom is -0.389 e. The summed E-state index contributed by atoms with van der Waals surface area (Å²) in [6.07, 6.45) is 0. The Hall–Kier alpha value is -1.53. The predicted molar refractivity (Wildman–Crippen MR) is 83.3 cm³/mol. The Balaban J connectivity index is 2.35. The number of halogens is 2. The maximum atomic E-state index is 14.2. The van der Waals surface area contributed by atoms with E-state index in [-0.39, 0.29) is 16.2 Å². The molecule has 0 amide bonds. The molecule has 0 saturated carbocycles. The summed E-state index contributed by atoms with van der Waals surface area (Å²) >= 11 is 6.28. The first-order valence-corrected chi connectivity index (χ1v) is 7.38. The van der Waals surface area contributed by atoms with Crippen LogP contribution in [0.1, 0.15) is 17.4 Å². The second kappa shape index (κ2) is 6.28. The first-order chi connectivity index (χ1) is 9.54. The van der Waals surface area contributed by atoms with Crippen molar-refractivity contribution in [3.8, 4) is 0 Å². The molecule has 2 N–H and O–H groups in total. The number of benzene rings is 1. The van der Waals surface area contributed by atoms with E-state index in [0.717, 1.165) is 4.88 Å². The Morgan fingerprint density at radius 3 is 2.60 bits per heavy atom. The van der Waals surface area contributed by atoms with Gasteiger partial charge >= 0.3 is 0 Å². The zero-order valence-corrected chi connectivity index (χ0v) is 12.5. The molecule has 0 bridgehead atoms. The van der Waals surface area contributed by atoms with Crippen molar-refractivity contribution in [3.05, 3.63) is 51.7 Å². The maximum absolute atomic E-state index is 14.2. The van der Waals surface area contributed by atoms with Gasteiger partial charge in [0.1, 0.15) is 4.99 Å². The molecule has 0 radical (unpaired) electrons. The average Bonchev–Trinajstić information content (AvgIpc) is 2.92. The monoisotopic (exact) mass is 312 g/mol. The van der Waals surface area contributed by atoms with E-state index in [9.17, 15) is 8.78 Å². The van der Waals surface area contributed by atoms with Crippen LogP contribution in [-0.2, 0) is 6.54 Å².